The van der Waals surface area contributed by atoms with E-state index in [1.165, 1.54) is 0 Å². The molecule has 0 amide bonds. The van der Waals surface area contributed by atoms with E-state index in [9.17, 15) is 5.11 Å². The third-order valence-electron chi connectivity index (χ3n) is 5.52. The number of phenols is 1. The topological polar surface area (TPSA) is 67.3 Å². The molecule has 0 aliphatic rings. The van der Waals surface area contributed by atoms with Crippen molar-refractivity contribution in [2.45, 2.75) is 12.6 Å². The third-order valence-corrected chi connectivity index (χ3v) is 5.52. The summed E-state index contributed by atoms with van der Waals surface area (Å²) in [7, 11) is 0. The number of hydrogen-bond donors (Lipinski definition) is 2. The summed E-state index contributed by atoms with van der Waals surface area (Å²) in [6.07, 6.45) is 5.19. The Kier molecular flexibility index (Phi) is 5.85. The fraction of sp³-hybridized carbons (Fsp3) is 0.0714. The van der Waals surface area contributed by atoms with Gasteiger partial charge in [-0.05, 0) is 41.5 Å². The molecule has 0 radical (unpaired) electrons. The molecule has 0 aliphatic carbocycles. The van der Waals surface area contributed by atoms with Crippen molar-refractivity contribution >= 4 is 16.6 Å². The predicted octanol–water partition coefficient (Wildman–Crippen LogP) is 6.12. The maximum Gasteiger partial charge on any atom is 0.147 e. The van der Waals surface area contributed by atoms with E-state index in [2.05, 4.69) is 15.3 Å². The lowest BCUT2D eigenvalue weighted by Gasteiger charge is -2.22. The number of nitrogens with zero attached hydrogens (tertiary/aromatic N) is 2. The summed E-state index contributed by atoms with van der Waals surface area (Å²) in [6.45, 7) is 0.509. The zero-order chi connectivity index (χ0) is 22.5. The van der Waals surface area contributed by atoms with Gasteiger partial charge in [-0.2, -0.15) is 0 Å². The van der Waals surface area contributed by atoms with Crippen LogP contribution in [0.15, 0.2) is 110 Å². The highest BCUT2D eigenvalue weighted by molar-refractivity contribution is 5.86. The summed E-state index contributed by atoms with van der Waals surface area (Å²) in [6, 6.07) is 29.2. The van der Waals surface area contributed by atoms with E-state index in [-0.39, 0.29) is 11.8 Å². The lowest BCUT2D eigenvalue weighted by atomic mass is 9.96. The summed E-state index contributed by atoms with van der Waals surface area (Å²) in [5, 5.41) is 15.5. The highest BCUT2D eigenvalue weighted by Gasteiger charge is 2.20. The molecule has 1 unspecified atom stereocenters. The number of aromatic hydroxyl groups is 1. The first-order valence-corrected chi connectivity index (χ1v) is 10.8. The van der Waals surface area contributed by atoms with E-state index in [0.29, 0.717) is 12.1 Å². The summed E-state index contributed by atoms with van der Waals surface area (Å²) in [4.78, 5) is 8.59. The van der Waals surface area contributed by atoms with Crippen molar-refractivity contribution in [1.29, 1.82) is 0 Å². The number of benzene rings is 3. The number of ether oxygens (including phenoxy) is 1. The van der Waals surface area contributed by atoms with Crippen LogP contribution in [0.25, 0.3) is 10.9 Å². The fourth-order valence-corrected chi connectivity index (χ4v) is 3.83. The van der Waals surface area contributed by atoms with Gasteiger partial charge in [0, 0.05) is 29.5 Å². The van der Waals surface area contributed by atoms with Crippen molar-refractivity contribution in [1.82, 2.24) is 9.97 Å². The molecule has 162 valence electrons. The second-order valence-electron chi connectivity index (χ2n) is 7.74. The Bertz CT molecular complexity index is 1340. The number of rotatable bonds is 7. The van der Waals surface area contributed by atoms with Crippen LogP contribution < -0.4 is 10.1 Å². The minimum Gasteiger partial charge on any atom is -0.505 e. The molecule has 5 rings (SSSR count). The SMILES string of the molecule is Oc1c(C(Nc2cccnc2)c2ccc(OCc3ccccc3)cc2)ccc2cccnc12. The Morgan fingerprint density at radius 1 is 0.818 bits per heavy atom. The van der Waals surface area contributed by atoms with Crippen molar-refractivity contribution in [3.8, 4) is 11.5 Å². The number of nitrogens with one attached hydrogen (secondary N) is 1. The van der Waals surface area contributed by atoms with Gasteiger partial charge in [-0.1, -0.05) is 60.7 Å². The maximum absolute atomic E-state index is 11.1. The standard InChI is InChI=1S/C28H23N3O2/c32-28-25(15-12-21-8-4-17-30-27(21)28)26(31-23-9-5-16-29-18-23)22-10-13-24(14-11-22)33-19-20-6-2-1-3-7-20/h1-18,26,31-32H,19H2. The summed E-state index contributed by atoms with van der Waals surface area (Å²) < 4.78 is 5.94. The fourth-order valence-electron chi connectivity index (χ4n) is 3.83. The van der Waals surface area contributed by atoms with E-state index in [0.717, 1.165) is 33.5 Å². The molecule has 0 bridgehead atoms. The molecule has 5 aromatic rings. The van der Waals surface area contributed by atoms with Crippen molar-refractivity contribution < 1.29 is 9.84 Å². The van der Waals surface area contributed by atoms with Crippen molar-refractivity contribution in [2.75, 3.05) is 5.32 Å². The first kappa shape index (κ1) is 20.5. The van der Waals surface area contributed by atoms with E-state index < -0.39 is 0 Å². The van der Waals surface area contributed by atoms with Crippen molar-refractivity contribution in [3.05, 3.63) is 126 Å². The van der Waals surface area contributed by atoms with Crippen molar-refractivity contribution in [2.24, 2.45) is 0 Å². The van der Waals surface area contributed by atoms with Gasteiger partial charge in [-0.3, -0.25) is 9.97 Å². The monoisotopic (exact) mass is 433 g/mol. The summed E-state index contributed by atoms with van der Waals surface area (Å²) in [5.41, 5.74) is 4.27. The number of aromatic nitrogens is 2. The van der Waals surface area contributed by atoms with Crippen LogP contribution in [0.3, 0.4) is 0 Å². The molecule has 33 heavy (non-hydrogen) atoms. The third kappa shape index (κ3) is 4.62. The van der Waals surface area contributed by atoms with Crippen LogP contribution in [0.1, 0.15) is 22.7 Å². The number of hydrogen-bond acceptors (Lipinski definition) is 5. The molecule has 1 atom stereocenters. The van der Waals surface area contributed by atoms with Crippen LogP contribution in [0.2, 0.25) is 0 Å². The van der Waals surface area contributed by atoms with Crippen LogP contribution in [0.4, 0.5) is 5.69 Å². The lowest BCUT2D eigenvalue weighted by Crippen LogP contribution is -2.13. The van der Waals surface area contributed by atoms with Gasteiger partial charge in [0.25, 0.3) is 0 Å². The Labute approximate surface area is 192 Å². The first-order chi connectivity index (χ1) is 16.3. The normalized spacial score (nSPS) is 11.8. The maximum atomic E-state index is 11.1. The average molecular weight is 434 g/mol. The van der Waals surface area contributed by atoms with Crippen LogP contribution in [0.5, 0.6) is 11.5 Å². The van der Waals surface area contributed by atoms with E-state index >= 15 is 0 Å². The Hall–Kier alpha value is -4.38. The molecule has 0 spiro atoms. The van der Waals surface area contributed by atoms with Crippen LogP contribution in [-0.2, 0) is 6.61 Å². The molecule has 5 heteroatoms. The van der Waals surface area contributed by atoms with Crippen LogP contribution in [-0.4, -0.2) is 15.1 Å². The second-order valence-corrected chi connectivity index (χ2v) is 7.74. The minimum absolute atomic E-state index is 0.166. The molecule has 2 aromatic heterocycles. The van der Waals surface area contributed by atoms with Gasteiger partial charge < -0.3 is 15.2 Å². The molecule has 3 aromatic carbocycles. The Balaban J connectivity index is 1.46. The number of anilines is 1. The van der Waals surface area contributed by atoms with Crippen molar-refractivity contribution in [3.63, 3.8) is 0 Å². The largest absolute Gasteiger partial charge is 0.505 e. The zero-order valence-electron chi connectivity index (χ0n) is 17.9. The highest BCUT2D eigenvalue weighted by atomic mass is 16.5. The summed E-state index contributed by atoms with van der Waals surface area (Å²) in [5.74, 6) is 0.950. The van der Waals surface area contributed by atoms with E-state index in [1.807, 2.05) is 91.0 Å². The van der Waals surface area contributed by atoms with Crippen LogP contribution >= 0.6 is 0 Å². The van der Waals surface area contributed by atoms with Gasteiger partial charge in [-0.15, -0.1) is 0 Å². The van der Waals surface area contributed by atoms with Gasteiger partial charge in [0.05, 0.1) is 11.7 Å². The first-order valence-electron chi connectivity index (χ1n) is 10.8. The molecule has 2 heterocycles. The zero-order valence-corrected chi connectivity index (χ0v) is 17.9. The van der Waals surface area contributed by atoms with Gasteiger partial charge >= 0.3 is 0 Å². The number of pyridine rings is 2. The number of fused-ring (bicyclic) bond motifs is 1. The highest BCUT2D eigenvalue weighted by Crippen LogP contribution is 2.36. The molecular weight excluding hydrogens is 410 g/mol. The minimum atomic E-state index is -0.302. The smallest absolute Gasteiger partial charge is 0.147 e. The lowest BCUT2D eigenvalue weighted by molar-refractivity contribution is 0.306. The van der Waals surface area contributed by atoms with Gasteiger partial charge in [0.1, 0.15) is 23.6 Å². The quantitative estimate of drug-likeness (QED) is 0.324. The molecular formula is C28H23N3O2. The molecule has 0 aliphatic heterocycles. The molecule has 0 saturated carbocycles. The second kappa shape index (κ2) is 9.40. The van der Waals surface area contributed by atoms with Crippen LogP contribution in [0, 0.1) is 0 Å². The molecule has 0 saturated heterocycles. The molecule has 2 N–H and O–H groups in total. The predicted molar refractivity (Wildman–Crippen MR) is 130 cm³/mol. The molecule has 5 nitrogen and oxygen atoms in total. The Morgan fingerprint density at radius 2 is 1.64 bits per heavy atom. The van der Waals surface area contributed by atoms with Gasteiger partial charge in [0.15, 0.2) is 0 Å². The van der Waals surface area contributed by atoms with E-state index in [4.69, 9.17) is 4.74 Å². The molecule has 0 fully saturated rings. The average Bonchev–Trinajstić information content (AvgIpc) is 2.88. The van der Waals surface area contributed by atoms with E-state index in [1.54, 1.807) is 18.6 Å². The Morgan fingerprint density at radius 3 is 2.42 bits per heavy atom. The number of phenolic OH excluding ortho intramolecular Hbond substituents is 1. The van der Waals surface area contributed by atoms with Gasteiger partial charge in [0.2, 0.25) is 0 Å². The van der Waals surface area contributed by atoms with Gasteiger partial charge in [-0.25, -0.2) is 0 Å². The summed E-state index contributed by atoms with van der Waals surface area (Å²) >= 11 is 0.